The molecule has 5 aliphatic carbocycles. The average Bonchev–Trinajstić information content (AvgIpc) is 2.40. The number of hydrogen-bond donors (Lipinski definition) is 1. The van der Waals surface area contributed by atoms with E-state index in [2.05, 4.69) is 5.32 Å². The van der Waals surface area contributed by atoms with Crippen molar-refractivity contribution in [3.05, 3.63) is 0 Å². The molecule has 0 aromatic rings. The third-order valence-corrected chi connectivity index (χ3v) is 7.06. The van der Waals surface area contributed by atoms with Crippen molar-refractivity contribution in [1.82, 2.24) is 5.32 Å². The molecule has 2 nitrogen and oxygen atoms in total. The van der Waals surface area contributed by atoms with E-state index in [1.807, 2.05) is 0 Å². The predicted octanol–water partition coefficient (Wildman–Crippen LogP) is 3.72. The second kappa shape index (κ2) is 5.19. The third kappa shape index (κ3) is 2.28. The van der Waals surface area contributed by atoms with Crippen LogP contribution in [0.2, 0.25) is 0 Å². The minimum atomic E-state index is 0.157. The molecule has 0 aromatic carbocycles. The monoisotopic (exact) mass is 295 g/mol. The molecular weight excluding hydrogens is 270 g/mol. The number of nitrogens with one attached hydrogen (secondary N) is 1. The zero-order chi connectivity index (χ0) is 13.7. The molecule has 5 saturated carbocycles. The van der Waals surface area contributed by atoms with Crippen molar-refractivity contribution in [2.24, 2.45) is 29.6 Å². The van der Waals surface area contributed by atoms with Gasteiger partial charge in [-0.05, 0) is 68.6 Å². The van der Waals surface area contributed by atoms with Gasteiger partial charge in [-0.15, -0.1) is 11.6 Å². The molecular formula is C17H26ClNO. The van der Waals surface area contributed by atoms with E-state index in [4.69, 9.17) is 11.6 Å². The molecule has 0 aliphatic heterocycles. The molecule has 1 N–H and O–H groups in total. The first-order valence-corrected chi connectivity index (χ1v) is 9.09. The summed E-state index contributed by atoms with van der Waals surface area (Å²) in [6.07, 6.45) is 11.3. The number of rotatable bonds is 2. The van der Waals surface area contributed by atoms with Crippen LogP contribution in [0.25, 0.3) is 0 Å². The zero-order valence-corrected chi connectivity index (χ0v) is 12.9. The molecule has 20 heavy (non-hydrogen) atoms. The molecule has 4 bridgehead atoms. The topological polar surface area (TPSA) is 29.1 Å². The minimum Gasteiger partial charge on any atom is -0.352 e. The molecule has 2 unspecified atom stereocenters. The van der Waals surface area contributed by atoms with Crippen molar-refractivity contribution in [2.45, 2.75) is 69.2 Å². The van der Waals surface area contributed by atoms with Crippen molar-refractivity contribution >= 4 is 17.5 Å². The van der Waals surface area contributed by atoms with Crippen molar-refractivity contribution in [2.75, 3.05) is 0 Å². The highest BCUT2D eigenvalue weighted by Crippen LogP contribution is 2.56. The van der Waals surface area contributed by atoms with Gasteiger partial charge in [0.2, 0.25) is 5.91 Å². The van der Waals surface area contributed by atoms with Crippen LogP contribution in [0.1, 0.15) is 57.8 Å². The highest BCUT2D eigenvalue weighted by molar-refractivity contribution is 6.21. The first-order valence-electron chi connectivity index (χ1n) is 8.65. The highest BCUT2D eigenvalue weighted by Gasteiger charge is 2.51. The fourth-order valence-corrected chi connectivity index (χ4v) is 6.22. The number of amides is 1. The molecule has 5 rings (SSSR count). The number of alkyl halides is 1. The van der Waals surface area contributed by atoms with Crippen molar-refractivity contribution in [3.63, 3.8) is 0 Å². The largest absolute Gasteiger partial charge is 0.352 e. The lowest BCUT2D eigenvalue weighted by molar-refractivity contribution is -0.139. The first kappa shape index (κ1) is 13.4. The van der Waals surface area contributed by atoms with Crippen LogP contribution in [-0.2, 0) is 4.79 Å². The van der Waals surface area contributed by atoms with Crippen LogP contribution >= 0.6 is 11.6 Å². The van der Waals surface area contributed by atoms with Gasteiger partial charge in [-0.1, -0.05) is 12.8 Å². The van der Waals surface area contributed by atoms with E-state index in [9.17, 15) is 4.79 Å². The van der Waals surface area contributed by atoms with Gasteiger partial charge in [0.15, 0.2) is 0 Å². The van der Waals surface area contributed by atoms with Gasteiger partial charge in [-0.2, -0.15) is 0 Å². The predicted molar refractivity (Wildman–Crippen MR) is 80.6 cm³/mol. The van der Waals surface area contributed by atoms with Crippen LogP contribution in [0.3, 0.4) is 0 Å². The molecule has 0 heterocycles. The number of halogens is 1. The fraction of sp³-hybridized carbons (Fsp3) is 0.941. The summed E-state index contributed by atoms with van der Waals surface area (Å²) in [7, 11) is 0. The summed E-state index contributed by atoms with van der Waals surface area (Å²) in [5.41, 5.74) is 0. The number of hydrogen-bond acceptors (Lipinski definition) is 1. The molecule has 3 heteroatoms. The van der Waals surface area contributed by atoms with Crippen molar-refractivity contribution in [3.8, 4) is 0 Å². The van der Waals surface area contributed by atoms with Crippen LogP contribution < -0.4 is 5.32 Å². The van der Waals surface area contributed by atoms with E-state index in [-0.39, 0.29) is 11.4 Å². The Balaban J connectivity index is 1.43. The van der Waals surface area contributed by atoms with Crippen LogP contribution in [0.15, 0.2) is 0 Å². The molecule has 0 saturated heterocycles. The van der Waals surface area contributed by atoms with Crippen molar-refractivity contribution in [1.29, 1.82) is 0 Å². The molecule has 5 aliphatic rings. The van der Waals surface area contributed by atoms with E-state index >= 15 is 0 Å². The normalized spacial score (nSPS) is 50.1. The molecule has 2 atom stereocenters. The quantitative estimate of drug-likeness (QED) is 0.773. The van der Waals surface area contributed by atoms with Gasteiger partial charge in [-0.3, -0.25) is 4.79 Å². The Labute approximate surface area is 127 Å². The third-order valence-electron chi connectivity index (χ3n) is 6.54. The smallest absolute Gasteiger partial charge is 0.223 e. The van der Waals surface area contributed by atoms with Gasteiger partial charge in [0, 0.05) is 12.0 Å². The number of carbonyl (C=O) groups is 1. The maximum Gasteiger partial charge on any atom is 0.223 e. The molecule has 112 valence electrons. The summed E-state index contributed by atoms with van der Waals surface area (Å²) in [5, 5.41) is 3.48. The van der Waals surface area contributed by atoms with E-state index in [0.29, 0.717) is 23.7 Å². The summed E-state index contributed by atoms with van der Waals surface area (Å²) in [6.45, 7) is 0. The van der Waals surface area contributed by atoms with Gasteiger partial charge >= 0.3 is 0 Å². The standard InChI is InChI=1S/C17H26ClNO/c18-14-3-1-2-4-15(14)19-17(20)16-12-6-10-5-11(8-12)9-13(16)7-10/h10-16H,1-9H2,(H,19,20). The Morgan fingerprint density at radius 2 is 1.50 bits per heavy atom. The average molecular weight is 296 g/mol. The van der Waals surface area contributed by atoms with Gasteiger partial charge in [-0.25, -0.2) is 0 Å². The van der Waals surface area contributed by atoms with E-state index in [1.54, 1.807) is 0 Å². The van der Waals surface area contributed by atoms with E-state index in [1.165, 1.54) is 44.9 Å². The van der Waals surface area contributed by atoms with Crippen LogP contribution in [-0.4, -0.2) is 17.3 Å². The summed E-state index contributed by atoms with van der Waals surface area (Å²) in [4.78, 5) is 12.8. The highest BCUT2D eigenvalue weighted by atomic mass is 35.5. The minimum absolute atomic E-state index is 0.157. The van der Waals surface area contributed by atoms with E-state index in [0.717, 1.165) is 24.7 Å². The van der Waals surface area contributed by atoms with Crippen LogP contribution in [0, 0.1) is 29.6 Å². The number of carbonyl (C=O) groups excluding carboxylic acids is 1. The molecule has 1 amide bonds. The maximum absolute atomic E-state index is 12.8. The Morgan fingerprint density at radius 3 is 2.10 bits per heavy atom. The fourth-order valence-electron chi connectivity index (χ4n) is 5.88. The molecule has 0 spiro atoms. The second-order valence-corrected chi connectivity index (χ2v) is 8.43. The molecule has 0 radical (unpaired) electrons. The van der Waals surface area contributed by atoms with Crippen molar-refractivity contribution < 1.29 is 4.79 Å². The van der Waals surface area contributed by atoms with Gasteiger partial charge in [0.25, 0.3) is 0 Å². The Kier molecular flexibility index (Phi) is 3.48. The summed E-state index contributed by atoms with van der Waals surface area (Å²) >= 11 is 6.40. The molecule has 0 aromatic heterocycles. The second-order valence-electron chi connectivity index (χ2n) is 7.87. The van der Waals surface area contributed by atoms with Gasteiger partial charge in [0.1, 0.15) is 0 Å². The zero-order valence-electron chi connectivity index (χ0n) is 12.2. The SMILES string of the molecule is O=C(NC1CCCCC1Cl)C1C2CC3CC(C2)CC1C3. The maximum atomic E-state index is 12.8. The first-order chi connectivity index (χ1) is 9.70. The van der Waals surface area contributed by atoms with Gasteiger partial charge < -0.3 is 5.32 Å². The Morgan fingerprint density at radius 1 is 0.900 bits per heavy atom. The Hall–Kier alpha value is -0.240. The van der Waals surface area contributed by atoms with Gasteiger partial charge in [0.05, 0.1) is 5.38 Å². The van der Waals surface area contributed by atoms with Crippen LogP contribution in [0.5, 0.6) is 0 Å². The summed E-state index contributed by atoms with van der Waals surface area (Å²) < 4.78 is 0. The summed E-state index contributed by atoms with van der Waals surface area (Å²) in [5.74, 6) is 3.91. The Bertz CT molecular complexity index is 368. The van der Waals surface area contributed by atoms with E-state index < -0.39 is 0 Å². The summed E-state index contributed by atoms with van der Waals surface area (Å²) in [6, 6.07) is 0.232. The van der Waals surface area contributed by atoms with Crippen LogP contribution in [0.4, 0.5) is 0 Å². The lowest BCUT2D eigenvalue weighted by Gasteiger charge is -2.53. The molecule has 5 fully saturated rings. The lowest BCUT2D eigenvalue weighted by Crippen LogP contribution is -2.54. The lowest BCUT2D eigenvalue weighted by atomic mass is 9.51.